The van der Waals surface area contributed by atoms with E-state index in [-0.39, 0.29) is 28.9 Å². The van der Waals surface area contributed by atoms with Gasteiger partial charge in [0.1, 0.15) is 5.75 Å². The number of nitrogens with one attached hydrogen (secondary N) is 2. The van der Waals surface area contributed by atoms with Gasteiger partial charge in [-0.3, -0.25) is 14.4 Å². The monoisotopic (exact) mass is 594 g/mol. The fraction of sp³-hybridized carbons (Fsp3) is 0.667. The summed E-state index contributed by atoms with van der Waals surface area (Å²) in [5.74, 6) is -10.5. The molecule has 1 aromatic carbocycles. The maximum Gasteiger partial charge on any atom is 0.455 e. The molecule has 1 aromatic rings. The molecule has 0 aliphatic heterocycles. The van der Waals surface area contributed by atoms with Crippen LogP contribution in [0.1, 0.15) is 62.2 Å². The third kappa shape index (κ3) is 6.20. The summed E-state index contributed by atoms with van der Waals surface area (Å²) in [4.78, 5) is 37.6. The fourth-order valence-electron chi connectivity index (χ4n) is 6.23. The van der Waals surface area contributed by atoms with Gasteiger partial charge in [-0.25, -0.2) is 4.39 Å². The lowest BCUT2D eigenvalue weighted by molar-refractivity contribution is -0.278. The smallest absolute Gasteiger partial charge is 0.455 e. The highest BCUT2D eigenvalue weighted by atomic mass is 19.4. The van der Waals surface area contributed by atoms with Crippen molar-refractivity contribution in [3.63, 3.8) is 0 Å². The number of ether oxygens (including phenoxy) is 2. The first-order valence-corrected chi connectivity index (χ1v) is 13.4. The molecule has 3 fully saturated rings. The van der Waals surface area contributed by atoms with E-state index in [0.717, 1.165) is 12.1 Å². The third-order valence-corrected chi connectivity index (χ3v) is 8.76. The van der Waals surface area contributed by atoms with Crippen molar-refractivity contribution < 1.29 is 55.3 Å². The number of alkyl halides is 5. The highest BCUT2D eigenvalue weighted by Crippen LogP contribution is 2.49. The van der Waals surface area contributed by atoms with Crippen LogP contribution >= 0.6 is 0 Å². The van der Waals surface area contributed by atoms with Crippen molar-refractivity contribution in [1.82, 2.24) is 10.6 Å². The van der Waals surface area contributed by atoms with E-state index in [1.807, 2.05) is 0 Å². The second kappa shape index (κ2) is 11.2. The van der Waals surface area contributed by atoms with Crippen LogP contribution in [0.15, 0.2) is 12.1 Å². The Morgan fingerprint density at radius 1 is 1.02 bits per heavy atom. The van der Waals surface area contributed by atoms with E-state index in [1.54, 1.807) is 12.2 Å². The SMILES string of the molecule is COc1cc(F)c(O[C@H]2CC[C@@](C)(C(=O)O)CC2)cc1C(=O)N[C@@H]1[C@H]2CC[C@H](C2)[C@@H]1C(=O)NCC(F)(F)C(F)(F)F. The van der Waals surface area contributed by atoms with E-state index in [0.29, 0.717) is 44.9 Å². The van der Waals surface area contributed by atoms with Gasteiger partial charge in [-0.15, -0.1) is 0 Å². The molecule has 0 radical (unpaired) electrons. The molecule has 3 aliphatic rings. The molecule has 4 rings (SSSR count). The van der Waals surface area contributed by atoms with Gasteiger partial charge < -0.3 is 25.2 Å². The second-order valence-electron chi connectivity index (χ2n) is 11.4. The Hall–Kier alpha value is -3.19. The zero-order valence-electron chi connectivity index (χ0n) is 22.5. The molecule has 0 aromatic heterocycles. The molecule has 41 heavy (non-hydrogen) atoms. The highest BCUT2D eigenvalue weighted by Gasteiger charge is 2.58. The summed E-state index contributed by atoms with van der Waals surface area (Å²) >= 11 is 0. The topological polar surface area (TPSA) is 114 Å². The minimum absolute atomic E-state index is 0.124. The van der Waals surface area contributed by atoms with Crippen molar-refractivity contribution in [1.29, 1.82) is 0 Å². The van der Waals surface area contributed by atoms with Crippen molar-refractivity contribution in [2.24, 2.45) is 23.2 Å². The number of carbonyl (C=O) groups excluding carboxylic acids is 2. The molecule has 2 bridgehead atoms. The van der Waals surface area contributed by atoms with Gasteiger partial charge in [0.05, 0.1) is 36.7 Å². The molecule has 228 valence electrons. The molecule has 0 unspecified atom stereocenters. The van der Waals surface area contributed by atoms with Crippen LogP contribution in [0.2, 0.25) is 0 Å². The largest absolute Gasteiger partial charge is 0.496 e. The lowest BCUT2D eigenvalue weighted by Crippen LogP contribution is -2.53. The van der Waals surface area contributed by atoms with Crippen molar-refractivity contribution in [2.75, 3.05) is 13.7 Å². The normalized spacial score (nSPS) is 29.6. The molecular weight excluding hydrogens is 562 g/mol. The number of carbonyl (C=O) groups is 3. The maximum atomic E-state index is 14.9. The van der Waals surface area contributed by atoms with Crippen molar-refractivity contribution in [3.05, 3.63) is 23.5 Å². The third-order valence-electron chi connectivity index (χ3n) is 8.76. The summed E-state index contributed by atoms with van der Waals surface area (Å²) in [6.45, 7) is -0.282. The van der Waals surface area contributed by atoms with Crippen molar-refractivity contribution >= 4 is 17.8 Å². The van der Waals surface area contributed by atoms with E-state index >= 15 is 0 Å². The predicted octanol–water partition coefficient (Wildman–Crippen LogP) is 4.70. The zero-order valence-corrected chi connectivity index (χ0v) is 22.5. The fourth-order valence-corrected chi connectivity index (χ4v) is 6.23. The number of methoxy groups -OCH3 is 1. The molecule has 0 heterocycles. The van der Waals surface area contributed by atoms with Crippen LogP contribution in [-0.2, 0) is 9.59 Å². The number of halogens is 6. The van der Waals surface area contributed by atoms with Crippen LogP contribution in [0, 0.1) is 29.0 Å². The molecule has 0 spiro atoms. The molecule has 3 saturated carbocycles. The summed E-state index contributed by atoms with van der Waals surface area (Å²) in [6.07, 6.45) is -3.29. The molecular formula is C27H32F6N2O6. The number of benzene rings is 1. The maximum absolute atomic E-state index is 14.9. The summed E-state index contributed by atoms with van der Waals surface area (Å²) in [5, 5.41) is 13.8. The van der Waals surface area contributed by atoms with E-state index in [1.165, 1.54) is 7.11 Å². The molecule has 2 amide bonds. The number of hydrogen-bond donors (Lipinski definition) is 3. The van der Waals surface area contributed by atoms with Crippen LogP contribution in [0.4, 0.5) is 26.3 Å². The number of hydrogen-bond acceptors (Lipinski definition) is 5. The number of carboxylic acids is 1. The highest BCUT2D eigenvalue weighted by molar-refractivity contribution is 5.98. The van der Waals surface area contributed by atoms with Crippen LogP contribution in [0.25, 0.3) is 0 Å². The Morgan fingerprint density at radius 3 is 2.24 bits per heavy atom. The van der Waals surface area contributed by atoms with E-state index in [2.05, 4.69) is 5.32 Å². The molecule has 3 aliphatic carbocycles. The van der Waals surface area contributed by atoms with Gasteiger partial charge in [-0.05, 0) is 69.8 Å². The standard InChI is InChI=1S/C27H32F6N2O6/c1-25(24(38)39)7-5-15(6-8-25)41-19-10-16(18(40-2)11-17(19)28)22(36)35-21-14-4-3-13(9-14)20(21)23(37)34-12-26(29,30)27(31,32)33/h10-11,13-15,20-21H,3-9,12H2,1-2H3,(H,34,37)(H,35,36)(H,38,39)/t13-,14+,15-,20+,21-,25+/m1/s1. The Labute approximate surface area is 232 Å². The van der Waals surface area contributed by atoms with Gasteiger partial charge in [0.15, 0.2) is 11.6 Å². The number of amides is 2. The summed E-state index contributed by atoms with van der Waals surface area (Å²) < 4.78 is 90.3. The van der Waals surface area contributed by atoms with Gasteiger partial charge in [0.2, 0.25) is 5.91 Å². The molecule has 14 heteroatoms. The molecule has 8 nitrogen and oxygen atoms in total. The minimum atomic E-state index is -5.82. The van der Waals surface area contributed by atoms with Gasteiger partial charge in [0.25, 0.3) is 5.91 Å². The summed E-state index contributed by atoms with van der Waals surface area (Å²) in [7, 11) is 1.22. The van der Waals surface area contributed by atoms with Gasteiger partial charge >= 0.3 is 18.1 Å². The van der Waals surface area contributed by atoms with Crippen LogP contribution in [0.5, 0.6) is 11.5 Å². The molecule has 0 saturated heterocycles. The van der Waals surface area contributed by atoms with Gasteiger partial charge in [0, 0.05) is 12.1 Å². The van der Waals surface area contributed by atoms with E-state index in [4.69, 9.17) is 9.47 Å². The first kappa shape index (κ1) is 30.8. The summed E-state index contributed by atoms with van der Waals surface area (Å²) in [5.41, 5.74) is -1.03. The summed E-state index contributed by atoms with van der Waals surface area (Å²) in [6, 6.07) is 1.26. The van der Waals surface area contributed by atoms with Crippen LogP contribution in [-0.4, -0.2) is 60.8 Å². The Kier molecular flexibility index (Phi) is 8.43. The number of aliphatic carboxylic acids is 1. The zero-order chi connectivity index (χ0) is 30.3. The average molecular weight is 595 g/mol. The Morgan fingerprint density at radius 2 is 1.66 bits per heavy atom. The molecule has 3 N–H and O–H groups in total. The second-order valence-corrected chi connectivity index (χ2v) is 11.4. The lowest BCUT2D eigenvalue weighted by atomic mass is 9.75. The van der Waals surface area contributed by atoms with Crippen molar-refractivity contribution in [3.8, 4) is 11.5 Å². The number of fused-ring (bicyclic) bond motifs is 2. The van der Waals surface area contributed by atoms with E-state index < -0.39 is 65.7 Å². The first-order valence-electron chi connectivity index (χ1n) is 13.4. The van der Waals surface area contributed by atoms with E-state index in [9.17, 15) is 45.8 Å². The van der Waals surface area contributed by atoms with Gasteiger partial charge in [-0.2, -0.15) is 22.0 Å². The molecule has 4 atom stereocenters. The number of rotatable bonds is 9. The van der Waals surface area contributed by atoms with Crippen LogP contribution in [0.3, 0.4) is 0 Å². The van der Waals surface area contributed by atoms with Crippen LogP contribution < -0.4 is 20.1 Å². The quantitative estimate of drug-likeness (QED) is 0.357. The Bertz CT molecular complexity index is 1180. The predicted molar refractivity (Wildman–Crippen MR) is 131 cm³/mol. The average Bonchev–Trinajstić information content (AvgIpc) is 3.51. The number of carboxylic acid groups (broad SMARTS) is 1. The van der Waals surface area contributed by atoms with Gasteiger partial charge in [-0.1, -0.05) is 0 Å². The minimum Gasteiger partial charge on any atom is -0.496 e. The first-order chi connectivity index (χ1) is 19.1. The lowest BCUT2D eigenvalue weighted by Gasteiger charge is -2.34. The van der Waals surface area contributed by atoms with Crippen molar-refractivity contribution in [2.45, 2.75) is 76.1 Å². The Balaban J connectivity index is 1.48.